The van der Waals surface area contributed by atoms with E-state index >= 15 is 0 Å². The number of fused-ring (bicyclic) bond motifs is 1. The van der Waals surface area contributed by atoms with E-state index in [-0.39, 0.29) is 5.56 Å². The van der Waals surface area contributed by atoms with Crippen LogP contribution in [-0.4, -0.2) is 21.7 Å². The Hall–Kier alpha value is -2.89. The highest BCUT2D eigenvalue weighted by Gasteiger charge is 2.17. The van der Waals surface area contributed by atoms with E-state index in [2.05, 4.69) is 29.0 Å². The molecule has 0 saturated carbocycles. The van der Waals surface area contributed by atoms with Gasteiger partial charge in [0.25, 0.3) is 11.4 Å². The average molecular weight is 337 g/mol. The molecule has 3 heterocycles. The lowest BCUT2D eigenvalue weighted by Gasteiger charge is -2.04. The normalized spacial score (nSPS) is 13.1. The summed E-state index contributed by atoms with van der Waals surface area (Å²) >= 11 is 0. The highest BCUT2D eigenvalue weighted by Crippen LogP contribution is 2.30. The minimum atomic E-state index is -0.201. The number of benzene rings is 1. The molecule has 25 heavy (non-hydrogen) atoms. The molecule has 6 heteroatoms. The number of rotatable bonds is 4. The molecule has 0 amide bonds. The van der Waals surface area contributed by atoms with E-state index in [1.54, 1.807) is 6.07 Å². The Morgan fingerprint density at radius 1 is 1.24 bits per heavy atom. The fourth-order valence-electron chi connectivity index (χ4n) is 3.02. The van der Waals surface area contributed by atoms with Crippen molar-refractivity contribution >= 4 is 0 Å². The van der Waals surface area contributed by atoms with Crippen LogP contribution in [-0.2, 0) is 12.8 Å². The van der Waals surface area contributed by atoms with Crippen molar-refractivity contribution in [1.82, 2.24) is 15.1 Å². The molecule has 1 aromatic carbocycles. The number of aromatic nitrogens is 3. The second-order valence-electron chi connectivity index (χ2n) is 6.67. The van der Waals surface area contributed by atoms with Crippen molar-refractivity contribution in [2.45, 2.75) is 26.7 Å². The van der Waals surface area contributed by atoms with Gasteiger partial charge in [0.05, 0.1) is 12.2 Å². The molecule has 6 nitrogen and oxygen atoms in total. The van der Waals surface area contributed by atoms with Crippen molar-refractivity contribution in [1.29, 1.82) is 0 Å². The molecule has 0 atom stereocenters. The van der Waals surface area contributed by atoms with E-state index in [1.807, 2.05) is 24.3 Å². The van der Waals surface area contributed by atoms with Gasteiger partial charge in [0.2, 0.25) is 5.82 Å². The van der Waals surface area contributed by atoms with E-state index in [1.165, 1.54) is 0 Å². The number of aromatic amines is 1. The molecule has 2 aromatic heterocycles. The second-order valence-corrected chi connectivity index (χ2v) is 6.67. The van der Waals surface area contributed by atoms with Gasteiger partial charge in [0, 0.05) is 17.7 Å². The van der Waals surface area contributed by atoms with Crippen LogP contribution in [0.1, 0.15) is 25.1 Å². The van der Waals surface area contributed by atoms with Crippen LogP contribution in [0.4, 0.5) is 0 Å². The Kier molecular flexibility index (Phi) is 3.87. The Labute approximate surface area is 144 Å². The Morgan fingerprint density at radius 3 is 2.92 bits per heavy atom. The van der Waals surface area contributed by atoms with Gasteiger partial charge >= 0.3 is 0 Å². The number of hydrogen-bond donors (Lipinski definition) is 1. The minimum Gasteiger partial charge on any atom is -0.493 e. The van der Waals surface area contributed by atoms with Gasteiger partial charge in [0.15, 0.2) is 0 Å². The van der Waals surface area contributed by atoms with Gasteiger partial charge in [0.1, 0.15) is 5.75 Å². The molecule has 128 valence electrons. The summed E-state index contributed by atoms with van der Waals surface area (Å²) in [4.78, 5) is 19.6. The van der Waals surface area contributed by atoms with Crippen LogP contribution in [0.3, 0.4) is 0 Å². The van der Waals surface area contributed by atoms with Crippen molar-refractivity contribution in [3.05, 3.63) is 51.9 Å². The topological polar surface area (TPSA) is 81.0 Å². The summed E-state index contributed by atoms with van der Waals surface area (Å²) in [5.74, 6) is 2.07. The maximum Gasteiger partial charge on any atom is 0.259 e. The van der Waals surface area contributed by atoms with Crippen LogP contribution in [0.25, 0.3) is 22.8 Å². The molecule has 4 rings (SSSR count). The predicted octanol–water partition coefficient (Wildman–Crippen LogP) is 3.23. The van der Waals surface area contributed by atoms with Crippen LogP contribution < -0.4 is 10.3 Å². The van der Waals surface area contributed by atoms with Gasteiger partial charge in [-0.1, -0.05) is 19.0 Å². The van der Waals surface area contributed by atoms with E-state index in [0.29, 0.717) is 29.8 Å². The SMILES string of the molecule is CC(C)Cc1ccc(-c2noc(-c3ccc4c(c3)CCO4)n2)c(=O)[nH]1. The van der Waals surface area contributed by atoms with Crippen LogP contribution in [0.15, 0.2) is 39.6 Å². The molecular weight excluding hydrogens is 318 g/mol. The van der Waals surface area contributed by atoms with Gasteiger partial charge in [-0.3, -0.25) is 4.79 Å². The summed E-state index contributed by atoms with van der Waals surface area (Å²) in [5, 5.41) is 3.97. The number of nitrogens with zero attached hydrogens (tertiary/aromatic N) is 2. The zero-order chi connectivity index (χ0) is 17.4. The van der Waals surface area contributed by atoms with Gasteiger partial charge in [-0.15, -0.1) is 0 Å². The maximum atomic E-state index is 12.3. The standard InChI is InChI=1S/C19H19N3O3/c1-11(2)9-14-4-5-15(18(23)20-14)17-21-19(25-22-17)13-3-6-16-12(10-13)7-8-24-16/h3-6,10-11H,7-9H2,1-2H3,(H,20,23). The zero-order valence-electron chi connectivity index (χ0n) is 14.2. The maximum absolute atomic E-state index is 12.3. The summed E-state index contributed by atoms with van der Waals surface area (Å²) in [6, 6.07) is 9.45. The summed E-state index contributed by atoms with van der Waals surface area (Å²) in [6.07, 6.45) is 1.70. The summed E-state index contributed by atoms with van der Waals surface area (Å²) in [5.41, 5.74) is 3.08. The van der Waals surface area contributed by atoms with Crippen molar-refractivity contribution in [3.63, 3.8) is 0 Å². The van der Waals surface area contributed by atoms with Crippen LogP contribution >= 0.6 is 0 Å². The zero-order valence-corrected chi connectivity index (χ0v) is 14.2. The number of pyridine rings is 1. The Balaban J connectivity index is 1.64. The first kappa shape index (κ1) is 15.6. The van der Waals surface area contributed by atoms with Gasteiger partial charge in [-0.05, 0) is 48.2 Å². The second kappa shape index (κ2) is 6.20. The molecule has 0 saturated heterocycles. The van der Waals surface area contributed by atoms with Crippen molar-refractivity contribution in [2.24, 2.45) is 5.92 Å². The quantitative estimate of drug-likeness (QED) is 0.790. The first-order valence-electron chi connectivity index (χ1n) is 8.42. The largest absolute Gasteiger partial charge is 0.493 e. The highest BCUT2D eigenvalue weighted by molar-refractivity contribution is 5.61. The van der Waals surface area contributed by atoms with Gasteiger partial charge in [-0.25, -0.2) is 0 Å². The molecule has 0 unspecified atom stereocenters. The molecule has 0 fully saturated rings. The molecule has 1 aliphatic rings. The Morgan fingerprint density at radius 2 is 2.12 bits per heavy atom. The first-order chi connectivity index (χ1) is 12.1. The van der Waals surface area contributed by atoms with Gasteiger partial charge in [-0.2, -0.15) is 4.98 Å². The van der Waals surface area contributed by atoms with E-state index < -0.39 is 0 Å². The summed E-state index contributed by atoms with van der Waals surface area (Å²) < 4.78 is 10.9. The third-order valence-electron chi connectivity index (χ3n) is 4.20. The lowest BCUT2D eigenvalue weighted by molar-refractivity contribution is 0.357. The number of hydrogen-bond acceptors (Lipinski definition) is 5. The van der Waals surface area contributed by atoms with Crippen LogP contribution in [0.5, 0.6) is 5.75 Å². The molecule has 0 aliphatic carbocycles. The van der Waals surface area contributed by atoms with Crippen LogP contribution in [0, 0.1) is 5.92 Å². The van der Waals surface area contributed by atoms with Crippen LogP contribution in [0.2, 0.25) is 0 Å². The molecule has 0 spiro atoms. The minimum absolute atomic E-state index is 0.201. The third kappa shape index (κ3) is 3.07. The van der Waals surface area contributed by atoms with Crippen molar-refractivity contribution in [3.8, 4) is 28.6 Å². The fourth-order valence-corrected chi connectivity index (χ4v) is 3.02. The lowest BCUT2D eigenvalue weighted by Crippen LogP contribution is -2.13. The van der Waals surface area contributed by atoms with E-state index in [9.17, 15) is 4.79 Å². The fraction of sp³-hybridized carbons (Fsp3) is 0.316. The highest BCUT2D eigenvalue weighted by atomic mass is 16.5. The number of ether oxygens (including phenoxy) is 1. The van der Waals surface area contributed by atoms with Crippen molar-refractivity contribution < 1.29 is 9.26 Å². The first-order valence-corrected chi connectivity index (χ1v) is 8.42. The van der Waals surface area contributed by atoms with E-state index in [0.717, 1.165) is 35.4 Å². The molecule has 1 N–H and O–H groups in total. The predicted molar refractivity (Wildman–Crippen MR) is 93.5 cm³/mol. The molecule has 0 bridgehead atoms. The molecule has 3 aromatic rings. The van der Waals surface area contributed by atoms with Crippen molar-refractivity contribution in [2.75, 3.05) is 6.61 Å². The molecule has 0 radical (unpaired) electrons. The average Bonchev–Trinajstić information content (AvgIpc) is 3.23. The van der Waals surface area contributed by atoms with Gasteiger partial charge < -0.3 is 14.2 Å². The summed E-state index contributed by atoms with van der Waals surface area (Å²) in [7, 11) is 0. The smallest absolute Gasteiger partial charge is 0.259 e. The van der Waals surface area contributed by atoms with E-state index in [4.69, 9.17) is 9.26 Å². The molecule has 1 aliphatic heterocycles. The summed E-state index contributed by atoms with van der Waals surface area (Å²) in [6.45, 7) is 4.92. The monoisotopic (exact) mass is 337 g/mol. The molecular formula is C19H19N3O3. The lowest BCUT2D eigenvalue weighted by atomic mass is 10.1. The Bertz CT molecular complexity index is 972. The number of H-pyrrole nitrogens is 1. The third-order valence-corrected chi connectivity index (χ3v) is 4.20. The number of nitrogens with one attached hydrogen (secondary N) is 1.